The van der Waals surface area contributed by atoms with Gasteiger partial charge in [0.2, 0.25) is 10.0 Å². The SMILES string of the molecule is Cc1c(S(=O)(=O)NC(C)c2ccsc2)c(N)nn1C. The molecule has 0 saturated carbocycles. The van der Waals surface area contributed by atoms with Gasteiger partial charge in [0.15, 0.2) is 5.82 Å². The summed E-state index contributed by atoms with van der Waals surface area (Å²) in [4.78, 5) is 0.0529. The lowest BCUT2D eigenvalue weighted by Crippen LogP contribution is -2.27. The molecule has 1 unspecified atom stereocenters. The Bertz CT molecular complexity index is 674. The molecule has 0 aliphatic rings. The number of thiophene rings is 1. The van der Waals surface area contributed by atoms with Crippen molar-refractivity contribution in [1.82, 2.24) is 14.5 Å². The van der Waals surface area contributed by atoms with E-state index in [2.05, 4.69) is 9.82 Å². The fourth-order valence-corrected chi connectivity index (χ4v) is 4.14. The number of nitrogens with two attached hydrogens (primary N) is 1. The molecule has 0 aromatic carbocycles. The van der Waals surface area contributed by atoms with Gasteiger partial charge in [-0.15, -0.1) is 0 Å². The monoisotopic (exact) mass is 300 g/mol. The predicted molar refractivity (Wildman–Crippen MR) is 75.4 cm³/mol. The van der Waals surface area contributed by atoms with E-state index < -0.39 is 10.0 Å². The summed E-state index contributed by atoms with van der Waals surface area (Å²) in [6, 6.07) is 1.58. The Hall–Kier alpha value is -1.38. The molecule has 2 aromatic heterocycles. The van der Waals surface area contributed by atoms with Gasteiger partial charge in [0.1, 0.15) is 4.90 Å². The normalized spacial score (nSPS) is 13.6. The summed E-state index contributed by atoms with van der Waals surface area (Å²) in [6.45, 7) is 3.47. The quantitative estimate of drug-likeness (QED) is 0.893. The van der Waals surface area contributed by atoms with Crippen LogP contribution in [-0.4, -0.2) is 18.2 Å². The van der Waals surface area contributed by atoms with Crippen LogP contribution in [0.4, 0.5) is 5.82 Å². The minimum atomic E-state index is -3.68. The maximum atomic E-state index is 12.4. The summed E-state index contributed by atoms with van der Waals surface area (Å²) in [6.07, 6.45) is 0. The fraction of sp³-hybridized carbons (Fsp3) is 0.364. The zero-order valence-corrected chi connectivity index (χ0v) is 12.5. The highest BCUT2D eigenvalue weighted by Gasteiger charge is 2.26. The summed E-state index contributed by atoms with van der Waals surface area (Å²) >= 11 is 1.52. The number of aromatic nitrogens is 2. The van der Waals surface area contributed by atoms with Crippen LogP contribution in [0.15, 0.2) is 21.7 Å². The van der Waals surface area contributed by atoms with Gasteiger partial charge < -0.3 is 5.73 Å². The average molecular weight is 300 g/mol. The van der Waals surface area contributed by atoms with E-state index >= 15 is 0 Å². The number of rotatable bonds is 4. The van der Waals surface area contributed by atoms with Gasteiger partial charge in [0.25, 0.3) is 0 Å². The molecule has 2 aromatic rings. The zero-order chi connectivity index (χ0) is 14.2. The molecule has 8 heteroatoms. The number of anilines is 1. The van der Waals surface area contributed by atoms with E-state index in [-0.39, 0.29) is 16.8 Å². The van der Waals surface area contributed by atoms with Crippen LogP contribution in [0.25, 0.3) is 0 Å². The second-order valence-electron chi connectivity index (χ2n) is 4.32. The molecule has 0 spiro atoms. The van der Waals surface area contributed by atoms with E-state index in [4.69, 9.17) is 5.73 Å². The molecule has 2 heterocycles. The Morgan fingerprint density at radius 1 is 1.53 bits per heavy atom. The van der Waals surface area contributed by atoms with Gasteiger partial charge in [0.05, 0.1) is 5.69 Å². The molecule has 0 bridgehead atoms. The van der Waals surface area contributed by atoms with Crippen molar-refractivity contribution in [2.75, 3.05) is 5.73 Å². The third-order valence-electron chi connectivity index (χ3n) is 2.95. The number of aryl methyl sites for hydroxylation is 1. The molecule has 0 fully saturated rings. The molecule has 19 heavy (non-hydrogen) atoms. The van der Waals surface area contributed by atoms with Crippen molar-refractivity contribution < 1.29 is 8.42 Å². The first-order valence-corrected chi connectivity index (χ1v) is 8.09. The standard InChI is InChI=1S/C11H16N4O2S2/c1-7(9-4-5-18-6-9)14-19(16,17)10-8(2)15(3)13-11(10)12/h4-7,14H,1-3H3,(H2,12,13). The van der Waals surface area contributed by atoms with Crippen LogP contribution in [-0.2, 0) is 17.1 Å². The third kappa shape index (κ3) is 2.65. The Morgan fingerprint density at radius 3 is 2.68 bits per heavy atom. The molecule has 3 N–H and O–H groups in total. The molecular formula is C11H16N4O2S2. The number of hydrogen-bond acceptors (Lipinski definition) is 5. The number of nitrogen functional groups attached to an aromatic ring is 1. The highest BCUT2D eigenvalue weighted by atomic mass is 32.2. The second-order valence-corrected chi connectivity index (χ2v) is 6.75. The van der Waals surface area contributed by atoms with Gasteiger partial charge in [-0.2, -0.15) is 16.4 Å². The largest absolute Gasteiger partial charge is 0.381 e. The zero-order valence-electron chi connectivity index (χ0n) is 10.9. The Balaban J connectivity index is 2.33. The molecule has 0 aliphatic heterocycles. The fourth-order valence-electron chi connectivity index (χ4n) is 1.83. The molecule has 0 radical (unpaired) electrons. The van der Waals surface area contributed by atoms with Gasteiger partial charge in [0, 0.05) is 13.1 Å². The summed E-state index contributed by atoms with van der Waals surface area (Å²) < 4.78 is 28.8. The highest BCUT2D eigenvalue weighted by molar-refractivity contribution is 7.89. The van der Waals surface area contributed by atoms with Gasteiger partial charge >= 0.3 is 0 Å². The molecular weight excluding hydrogens is 284 g/mol. The Labute approximate surface area is 116 Å². The second kappa shape index (κ2) is 4.95. The number of nitrogens with zero attached hydrogens (tertiary/aromatic N) is 2. The van der Waals surface area contributed by atoms with E-state index in [1.54, 1.807) is 20.9 Å². The van der Waals surface area contributed by atoms with Crippen LogP contribution in [0.5, 0.6) is 0 Å². The van der Waals surface area contributed by atoms with Gasteiger partial charge in [-0.05, 0) is 36.2 Å². The maximum absolute atomic E-state index is 12.4. The minimum Gasteiger partial charge on any atom is -0.381 e. The van der Waals surface area contributed by atoms with Crippen molar-refractivity contribution in [1.29, 1.82) is 0 Å². The Kier molecular flexibility index (Phi) is 3.66. The predicted octanol–water partition coefficient (Wildman–Crippen LogP) is 1.41. The van der Waals surface area contributed by atoms with Crippen LogP contribution in [0.3, 0.4) is 0 Å². The van der Waals surface area contributed by atoms with Crippen LogP contribution >= 0.6 is 11.3 Å². The van der Waals surface area contributed by atoms with Crippen molar-refractivity contribution in [3.05, 3.63) is 28.1 Å². The average Bonchev–Trinajstić information content (AvgIpc) is 2.87. The molecule has 0 saturated heterocycles. The first-order valence-electron chi connectivity index (χ1n) is 5.66. The van der Waals surface area contributed by atoms with Crippen LogP contribution < -0.4 is 10.5 Å². The molecule has 1 atom stereocenters. The van der Waals surface area contributed by atoms with E-state index in [1.807, 2.05) is 16.8 Å². The van der Waals surface area contributed by atoms with Crippen molar-refractivity contribution in [3.8, 4) is 0 Å². The van der Waals surface area contributed by atoms with Crippen molar-refractivity contribution >= 4 is 27.2 Å². The number of hydrogen-bond donors (Lipinski definition) is 2. The molecule has 2 rings (SSSR count). The van der Waals surface area contributed by atoms with Crippen LogP contribution in [0.1, 0.15) is 24.2 Å². The first-order chi connectivity index (χ1) is 8.83. The van der Waals surface area contributed by atoms with Gasteiger partial charge in [-0.25, -0.2) is 13.1 Å². The summed E-state index contributed by atoms with van der Waals surface area (Å²) in [7, 11) is -2.02. The van der Waals surface area contributed by atoms with E-state index in [0.717, 1.165) is 5.56 Å². The molecule has 6 nitrogen and oxygen atoms in total. The van der Waals surface area contributed by atoms with E-state index in [9.17, 15) is 8.42 Å². The summed E-state index contributed by atoms with van der Waals surface area (Å²) in [5.74, 6) is 0.0185. The van der Waals surface area contributed by atoms with Crippen LogP contribution in [0, 0.1) is 6.92 Å². The lowest BCUT2D eigenvalue weighted by molar-refractivity contribution is 0.566. The summed E-state index contributed by atoms with van der Waals surface area (Å²) in [5.41, 5.74) is 7.11. The van der Waals surface area contributed by atoms with Crippen LogP contribution in [0.2, 0.25) is 0 Å². The van der Waals surface area contributed by atoms with Crippen molar-refractivity contribution in [3.63, 3.8) is 0 Å². The third-order valence-corrected chi connectivity index (χ3v) is 5.36. The molecule has 0 aliphatic carbocycles. The van der Waals surface area contributed by atoms with Crippen molar-refractivity contribution in [2.24, 2.45) is 7.05 Å². The highest BCUT2D eigenvalue weighted by Crippen LogP contribution is 2.24. The Morgan fingerprint density at radius 2 is 2.21 bits per heavy atom. The maximum Gasteiger partial charge on any atom is 0.246 e. The van der Waals surface area contributed by atoms with Gasteiger partial charge in [-0.1, -0.05) is 0 Å². The topological polar surface area (TPSA) is 90.0 Å². The smallest absolute Gasteiger partial charge is 0.246 e. The van der Waals surface area contributed by atoms with E-state index in [0.29, 0.717) is 5.69 Å². The molecule has 104 valence electrons. The van der Waals surface area contributed by atoms with Crippen molar-refractivity contribution in [2.45, 2.75) is 24.8 Å². The minimum absolute atomic E-state index is 0.0185. The summed E-state index contributed by atoms with van der Waals surface area (Å²) in [5, 5.41) is 7.74. The molecule has 0 amide bonds. The number of sulfonamides is 1. The first kappa shape index (κ1) is 14.0. The van der Waals surface area contributed by atoms with Gasteiger partial charge in [-0.3, -0.25) is 4.68 Å². The lowest BCUT2D eigenvalue weighted by Gasteiger charge is -2.13. The number of nitrogens with one attached hydrogen (secondary N) is 1. The van der Waals surface area contributed by atoms with E-state index in [1.165, 1.54) is 16.0 Å². The lowest BCUT2D eigenvalue weighted by atomic mass is 10.2.